The molecule has 2 atom stereocenters. The van der Waals surface area contributed by atoms with Crippen LogP contribution in [-0.2, 0) is 14.3 Å². The summed E-state index contributed by atoms with van der Waals surface area (Å²) in [6, 6.07) is 3.83. The molecule has 0 spiro atoms. The molecule has 0 radical (unpaired) electrons. The van der Waals surface area contributed by atoms with Crippen LogP contribution < -0.4 is 5.32 Å². The lowest BCUT2D eigenvalue weighted by Crippen LogP contribution is -2.42. The number of carbonyl (C=O) groups excluding carboxylic acids is 3. The molecular weight excluding hydrogens is 326 g/mol. The van der Waals surface area contributed by atoms with Crippen molar-refractivity contribution >= 4 is 29.0 Å². The molecule has 1 amide bonds. The Labute approximate surface area is 146 Å². The van der Waals surface area contributed by atoms with E-state index in [1.165, 1.54) is 17.8 Å². The lowest BCUT2D eigenvalue weighted by atomic mass is 9.86. The van der Waals surface area contributed by atoms with Gasteiger partial charge in [-0.3, -0.25) is 14.4 Å². The predicted octanol–water partition coefficient (Wildman–Crippen LogP) is 3.26. The highest BCUT2D eigenvalue weighted by Gasteiger charge is 2.23. The van der Waals surface area contributed by atoms with E-state index in [0.29, 0.717) is 10.8 Å². The Morgan fingerprint density at radius 2 is 1.96 bits per heavy atom. The first-order chi connectivity index (χ1) is 11.5. The van der Waals surface area contributed by atoms with Gasteiger partial charge >= 0.3 is 5.97 Å². The number of ether oxygens (including phenoxy) is 1. The molecule has 1 aliphatic carbocycles. The topological polar surface area (TPSA) is 72.5 Å². The zero-order valence-electron chi connectivity index (χ0n) is 14.3. The number of rotatable bonds is 7. The number of Topliss-reactive ketones (excluding diaryl/α,β-unsaturated/α-hetero) is 1. The number of esters is 1. The van der Waals surface area contributed by atoms with Crippen LogP contribution in [0.25, 0.3) is 0 Å². The molecular formula is C18H25NO4S. The highest BCUT2D eigenvalue weighted by Crippen LogP contribution is 2.23. The lowest BCUT2D eigenvalue weighted by Gasteiger charge is -2.29. The Morgan fingerprint density at radius 3 is 2.62 bits per heavy atom. The standard InChI is InChI=1S/C18H25NO4S/c1-12-5-3-4-6-14(12)19-17(21)11-23-18(22)10-8-15(20)16-9-7-13(2)24-16/h7,9,12,14H,3-6,8,10-11H2,1-2H3,(H,19,21)/t12-,14+/m0/s1. The van der Waals surface area contributed by atoms with Crippen LogP contribution in [0.15, 0.2) is 12.1 Å². The van der Waals surface area contributed by atoms with E-state index in [1.54, 1.807) is 6.07 Å². The number of hydrogen-bond acceptors (Lipinski definition) is 5. The van der Waals surface area contributed by atoms with Gasteiger partial charge < -0.3 is 10.1 Å². The van der Waals surface area contributed by atoms with Gasteiger partial charge in [0.25, 0.3) is 5.91 Å². The van der Waals surface area contributed by atoms with E-state index in [1.807, 2.05) is 13.0 Å². The van der Waals surface area contributed by atoms with Crippen molar-refractivity contribution in [2.75, 3.05) is 6.61 Å². The van der Waals surface area contributed by atoms with Crippen molar-refractivity contribution < 1.29 is 19.1 Å². The molecule has 24 heavy (non-hydrogen) atoms. The molecule has 2 rings (SSSR count). The van der Waals surface area contributed by atoms with Gasteiger partial charge in [0.2, 0.25) is 0 Å². The zero-order chi connectivity index (χ0) is 17.5. The minimum atomic E-state index is -0.511. The molecule has 0 bridgehead atoms. The monoisotopic (exact) mass is 351 g/mol. The quantitative estimate of drug-likeness (QED) is 0.604. The van der Waals surface area contributed by atoms with Crippen molar-refractivity contribution in [1.82, 2.24) is 5.32 Å². The number of ketones is 1. The van der Waals surface area contributed by atoms with E-state index in [9.17, 15) is 14.4 Å². The van der Waals surface area contributed by atoms with Crippen LogP contribution in [0.3, 0.4) is 0 Å². The Balaban J connectivity index is 1.65. The first-order valence-corrected chi connectivity index (χ1v) is 9.32. The van der Waals surface area contributed by atoms with E-state index < -0.39 is 5.97 Å². The molecule has 1 N–H and O–H groups in total. The third kappa shape index (κ3) is 5.74. The second-order valence-electron chi connectivity index (χ2n) is 6.43. The molecule has 1 heterocycles. The van der Waals surface area contributed by atoms with Gasteiger partial charge in [-0.1, -0.05) is 19.8 Å². The maximum absolute atomic E-state index is 11.9. The predicted molar refractivity (Wildman–Crippen MR) is 93.1 cm³/mol. The Morgan fingerprint density at radius 1 is 1.21 bits per heavy atom. The minimum Gasteiger partial charge on any atom is -0.456 e. The summed E-state index contributed by atoms with van der Waals surface area (Å²) in [6.07, 6.45) is 4.55. The zero-order valence-corrected chi connectivity index (χ0v) is 15.1. The maximum atomic E-state index is 11.9. The molecule has 1 fully saturated rings. The summed E-state index contributed by atoms with van der Waals surface area (Å²) >= 11 is 1.42. The van der Waals surface area contributed by atoms with Crippen molar-refractivity contribution in [1.29, 1.82) is 0 Å². The fourth-order valence-corrected chi connectivity index (χ4v) is 3.76. The van der Waals surface area contributed by atoms with Crippen LogP contribution in [0, 0.1) is 12.8 Å². The third-order valence-corrected chi connectivity index (χ3v) is 5.44. The number of hydrogen-bond donors (Lipinski definition) is 1. The summed E-state index contributed by atoms with van der Waals surface area (Å²) in [5, 5.41) is 2.94. The van der Waals surface area contributed by atoms with Crippen molar-refractivity contribution in [3.63, 3.8) is 0 Å². The maximum Gasteiger partial charge on any atom is 0.306 e. The molecule has 0 aromatic carbocycles. The van der Waals surface area contributed by atoms with Crippen LogP contribution >= 0.6 is 11.3 Å². The fraction of sp³-hybridized carbons (Fsp3) is 0.611. The average Bonchev–Trinajstić information content (AvgIpc) is 2.99. The third-order valence-electron chi connectivity index (χ3n) is 4.39. The molecule has 0 aliphatic heterocycles. The summed E-state index contributed by atoms with van der Waals surface area (Å²) in [7, 11) is 0. The molecule has 6 heteroatoms. The Hall–Kier alpha value is -1.69. The van der Waals surface area contributed by atoms with E-state index in [0.717, 1.165) is 24.1 Å². The van der Waals surface area contributed by atoms with Crippen LogP contribution in [0.5, 0.6) is 0 Å². The average molecular weight is 351 g/mol. The van der Waals surface area contributed by atoms with Gasteiger partial charge in [-0.05, 0) is 37.8 Å². The molecule has 1 aromatic heterocycles. The Bertz CT molecular complexity index is 596. The van der Waals surface area contributed by atoms with Crippen LogP contribution in [0.1, 0.15) is 60.0 Å². The summed E-state index contributed by atoms with van der Waals surface area (Å²) in [6.45, 7) is 3.80. The normalized spacial score (nSPS) is 20.4. The highest BCUT2D eigenvalue weighted by molar-refractivity contribution is 7.14. The van der Waals surface area contributed by atoms with Gasteiger partial charge in [-0.2, -0.15) is 0 Å². The van der Waals surface area contributed by atoms with Gasteiger partial charge in [0.05, 0.1) is 11.3 Å². The van der Waals surface area contributed by atoms with Crippen LogP contribution in [0.2, 0.25) is 0 Å². The molecule has 132 valence electrons. The summed E-state index contributed by atoms with van der Waals surface area (Å²) in [4.78, 5) is 37.2. The van der Waals surface area contributed by atoms with Gasteiger partial charge in [-0.15, -0.1) is 11.3 Å². The summed E-state index contributed by atoms with van der Waals surface area (Å²) in [5.41, 5.74) is 0. The number of nitrogens with one attached hydrogen (secondary N) is 1. The molecule has 1 aromatic rings. The van der Waals surface area contributed by atoms with E-state index >= 15 is 0 Å². The summed E-state index contributed by atoms with van der Waals surface area (Å²) < 4.78 is 4.97. The molecule has 1 saturated carbocycles. The largest absolute Gasteiger partial charge is 0.456 e. The van der Waals surface area contributed by atoms with Gasteiger partial charge in [0.15, 0.2) is 12.4 Å². The van der Waals surface area contributed by atoms with E-state index in [4.69, 9.17) is 4.74 Å². The summed E-state index contributed by atoms with van der Waals surface area (Å²) in [5.74, 6) is -0.374. The minimum absolute atomic E-state index is 0.00287. The first kappa shape index (κ1) is 18.6. The molecule has 0 saturated heterocycles. The highest BCUT2D eigenvalue weighted by atomic mass is 32.1. The molecule has 1 aliphatic rings. The first-order valence-electron chi connectivity index (χ1n) is 8.50. The van der Waals surface area contributed by atoms with Crippen molar-refractivity contribution in [3.8, 4) is 0 Å². The molecule has 0 unspecified atom stereocenters. The number of carbonyl (C=O) groups is 3. The second-order valence-corrected chi connectivity index (χ2v) is 7.72. The number of amides is 1. The molecule has 5 nitrogen and oxygen atoms in total. The van der Waals surface area contributed by atoms with E-state index in [-0.39, 0.29) is 37.2 Å². The van der Waals surface area contributed by atoms with Crippen LogP contribution in [0.4, 0.5) is 0 Å². The smallest absolute Gasteiger partial charge is 0.306 e. The lowest BCUT2D eigenvalue weighted by molar-refractivity contribution is -0.148. The van der Waals surface area contributed by atoms with Gasteiger partial charge in [-0.25, -0.2) is 0 Å². The van der Waals surface area contributed by atoms with Crippen molar-refractivity contribution in [3.05, 3.63) is 21.9 Å². The number of aryl methyl sites for hydroxylation is 1. The fourth-order valence-electron chi connectivity index (χ4n) is 2.92. The van der Waals surface area contributed by atoms with E-state index in [2.05, 4.69) is 12.2 Å². The van der Waals surface area contributed by atoms with Gasteiger partial charge in [0, 0.05) is 17.3 Å². The number of thiophene rings is 1. The van der Waals surface area contributed by atoms with Gasteiger partial charge in [0.1, 0.15) is 0 Å². The Kier molecular flexibility index (Phi) is 6.97. The van der Waals surface area contributed by atoms with Crippen molar-refractivity contribution in [2.45, 2.75) is 58.4 Å². The van der Waals surface area contributed by atoms with Crippen molar-refractivity contribution in [2.24, 2.45) is 5.92 Å². The second kappa shape index (κ2) is 8.97. The SMILES string of the molecule is Cc1ccc(C(=O)CCC(=O)OCC(=O)N[C@@H]2CCCC[C@@H]2C)s1. The van der Waals surface area contributed by atoms with Crippen LogP contribution in [-0.4, -0.2) is 30.3 Å².